The predicted molar refractivity (Wildman–Crippen MR) is 97.0 cm³/mol. The van der Waals surface area contributed by atoms with Gasteiger partial charge in [0.2, 0.25) is 0 Å². The van der Waals surface area contributed by atoms with Crippen LogP contribution >= 0.6 is 0 Å². The van der Waals surface area contributed by atoms with Gasteiger partial charge in [-0.15, -0.1) is 0 Å². The molecule has 0 aliphatic heterocycles. The maximum Gasteiger partial charge on any atom is 0.137 e. The summed E-state index contributed by atoms with van der Waals surface area (Å²) in [5.74, 6) is 1.68. The first-order chi connectivity index (χ1) is 11.6. The Hall–Kier alpha value is -2.03. The van der Waals surface area contributed by atoms with Gasteiger partial charge in [0.15, 0.2) is 0 Å². The highest BCUT2D eigenvalue weighted by atomic mass is 16.5. The predicted octanol–water partition coefficient (Wildman–Crippen LogP) is 5.05. The molecule has 3 nitrogen and oxygen atoms in total. The minimum absolute atomic E-state index is 0.352. The zero-order chi connectivity index (χ0) is 17.1. The number of aryl methyl sites for hydroxylation is 1. The monoisotopic (exact) mass is 325 g/mol. The summed E-state index contributed by atoms with van der Waals surface area (Å²) in [6.45, 7) is 4.23. The first kappa shape index (κ1) is 16.8. The maximum absolute atomic E-state index is 10.3. The molecule has 1 aliphatic rings. The number of pyridine rings is 1. The highest BCUT2D eigenvalue weighted by Gasteiger charge is 2.21. The molecule has 0 spiro atoms. The van der Waals surface area contributed by atoms with E-state index in [0.717, 1.165) is 36.4 Å². The summed E-state index contributed by atoms with van der Waals surface area (Å²) in [5.41, 5.74) is 5.61. The van der Waals surface area contributed by atoms with Gasteiger partial charge in [0.05, 0.1) is 12.8 Å². The number of methoxy groups -OCH3 is 1. The first-order valence-corrected chi connectivity index (χ1v) is 8.92. The van der Waals surface area contributed by atoms with E-state index in [9.17, 15) is 5.11 Å². The van der Waals surface area contributed by atoms with Crippen molar-refractivity contribution in [2.75, 3.05) is 7.11 Å². The summed E-state index contributed by atoms with van der Waals surface area (Å²) in [6, 6.07) is 7.88. The van der Waals surface area contributed by atoms with Crippen LogP contribution in [0.25, 0.3) is 0 Å². The van der Waals surface area contributed by atoms with Crippen molar-refractivity contribution in [3.05, 3.63) is 52.3 Å². The molecule has 0 bridgehead atoms. The standard InChI is InChI=1S/C21H27NO2/c1-14-9-12-20(24-3)15(2)18(14)13-17-10-11-19(23)21(22-17)16-7-5-4-6-8-16/h9-12,16,23H,4-8,13H2,1-3H3. The third kappa shape index (κ3) is 3.40. The van der Waals surface area contributed by atoms with Crippen LogP contribution in [0, 0.1) is 13.8 Å². The van der Waals surface area contributed by atoms with Gasteiger partial charge in [0, 0.05) is 18.0 Å². The lowest BCUT2D eigenvalue weighted by molar-refractivity contribution is 0.405. The van der Waals surface area contributed by atoms with Crippen molar-refractivity contribution < 1.29 is 9.84 Å². The van der Waals surface area contributed by atoms with Gasteiger partial charge in [-0.05, 0) is 61.6 Å². The Morgan fingerprint density at radius 2 is 1.83 bits per heavy atom. The Balaban J connectivity index is 1.91. The van der Waals surface area contributed by atoms with E-state index in [1.165, 1.54) is 36.0 Å². The summed E-state index contributed by atoms with van der Waals surface area (Å²) < 4.78 is 5.46. The lowest BCUT2D eigenvalue weighted by atomic mass is 9.86. The molecule has 24 heavy (non-hydrogen) atoms. The molecule has 1 fully saturated rings. The van der Waals surface area contributed by atoms with Gasteiger partial charge >= 0.3 is 0 Å². The molecule has 0 amide bonds. The van der Waals surface area contributed by atoms with Gasteiger partial charge in [-0.2, -0.15) is 0 Å². The average Bonchev–Trinajstić information content (AvgIpc) is 2.61. The summed E-state index contributed by atoms with van der Waals surface area (Å²) in [5, 5.41) is 10.3. The molecule has 1 heterocycles. The van der Waals surface area contributed by atoms with Gasteiger partial charge < -0.3 is 9.84 Å². The van der Waals surface area contributed by atoms with Crippen molar-refractivity contribution in [2.45, 2.75) is 58.3 Å². The van der Waals surface area contributed by atoms with Crippen LogP contribution in [-0.4, -0.2) is 17.2 Å². The first-order valence-electron chi connectivity index (χ1n) is 8.92. The molecule has 1 saturated carbocycles. The van der Waals surface area contributed by atoms with Gasteiger partial charge in [-0.3, -0.25) is 4.98 Å². The van der Waals surface area contributed by atoms with Crippen LogP contribution in [0.4, 0.5) is 0 Å². The van der Waals surface area contributed by atoms with Crippen molar-refractivity contribution in [1.29, 1.82) is 0 Å². The lowest BCUT2D eigenvalue weighted by Gasteiger charge is -2.22. The summed E-state index contributed by atoms with van der Waals surface area (Å²) >= 11 is 0. The Morgan fingerprint density at radius 1 is 1.08 bits per heavy atom. The summed E-state index contributed by atoms with van der Waals surface area (Å²) in [4.78, 5) is 4.84. The Bertz CT molecular complexity index is 718. The van der Waals surface area contributed by atoms with Gasteiger partial charge in [0.25, 0.3) is 0 Å². The van der Waals surface area contributed by atoms with Gasteiger partial charge in [-0.25, -0.2) is 0 Å². The molecule has 1 aliphatic carbocycles. The van der Waals surface area contributed by atoms with Crippen LogP contribution in [0.15, 0.2) is 24.3 Å². The number of nitrogens with zero attached hydrogens (tertiary/aromatic N) is 1. The molecule has 0 radical (unpaired) electrons. The van der Waals surface area contributed by atoms with E-state index in [2.05, 4.69) is 19.9 Å². The van der Waals surface area contributed by atoms with E-state index in [4.69, 9.17) is 9.72 Å². The number of hydrogen-bond acceptors (Lipinski definition) is 3. The molecule has 128 valence electrons. The second kappa shape index (κ2) is 7.25. The van der Waals surface area contributed by atoms with E-state index in [1.807, 2.05) is 18.2 Å². The third-order valence-corrected chi connectivity index (χ3v) is 5.31. The van der Waals surface area contributed by atoms with Crippen LogP contribution in [0.1, 0.15) is 66.1 Å². The molecule has 0 unspecified atom stereocenters. The summed E-state index contributed by atoms with van der Waals surface area (Å²) in [6.07, 6.45) is 6.84. The Kier molecular flexibility index (Phi) is 5.08. The molecular weight excluding hydrogens is 298 g/mol. The van der Waals surface area contributed by atoms with E-state index in [1.54, 1.807) is 7.11 Å². The Morgan fingerprint density at radius 3 is 2.54 bits per heavy atom. The number of hydrogen-bond donors (Lipinski definition) is 1. The van der Waals surface area contributed by atoms with Crippen LogP contribution < -0.4 is 4.74 Å². The normalized spacial score (nSPS) is 15.5. The van der Waals surface area contributed by atoms with Crippen molar-refractivity contribution in [3.8, 4) is 11.5 Å². The van der Waals surface area contributed by atoms with Crippen LogP contribution in [0.5, 0.6) is 11.5 Å². The average molecular weight is 325 g/mol. The van der Waals surface area contributed by atoms with Gasteiger partial charge in [-0.1, -0.05) is 25.3 Å². The highest BCUT2D eigenvalue weighted by molar-refractivity contribution is 5.46. The lowest BCUT2D eigenvalue weighted by Crippen LogP contribution is -2.09. The zero-order valence-corrected chi connectivity index (χ0v) is 14.9. The number of aromatic hydroxyl groups is 1. The number of aromatic nitrogens is 1. The third-order valence-electron chi connectivity index (χ3n) is 5.31. The van der Waals surface area contributed by atoms with Crippen molar-refractivity contribution in [1.82, 2.24) is 4.98 Å². The SMILES string of the molecule is COc1ccc(C)c(Cc2ccc(O)c(C3CCCCC3)n2)c1C. The van der Waals surface area contributed by atoms with E-state index < -0.39 is 0 Å². The molecular formula is C21H27NO2. The second-order valence-electron chi connectivity index (χ2n) is 6.91. The van der Waals surface area contributed by atoms with E-state index in [-0.39, 0.29) is 0 Å². The number of rotatable bonds is 4. The fraction of sp³-hybridized carbons (Fsp3) is 0.476. The maximum atomic E-state index is 10.3. The topological polar surface area (TPSA) is 42.4 Å². The van der Waals surface area contributed by atoms with Crippen molar-refractivity contribution in [2.24, 2.45) is 0 Å². The largest absolute Gasteiger partial charge is 0.506 e. The molecule has 1 N–H and O–H groups in total. The van der Waals surface area contributed by atoms with Crippen LogP contribution in [-0.2, 0) is 6.42 Å². The minimum atomic E-state index is 0.352. The van der Waals surface area contributed by atoms with Crippen LogP contribution in [0.3, 0.4) is 0 Å². The van der Waals surface area contributed by atoms with Crippen LogP contribution in [0.2, 0.25) is 0 Å². The van der Waals surface area contributed by atoms with Crippen molar-refractivity contribution >= 4 is 0 Å². The van der Waals surface area contributed by atoms with E-state index >= 15 is 0 Å². The smallest absolute Gasteiger partial charge is 0.137 e. The van der Waals surface area contributed by atoms with Gasteiger partial charge in [0.1, 0.15) is 11.5 Å². The summed E-state index contributed by atoms with van der Waals surface area (Å²) in [7, 11) is 1.71. The quantitative estimate of drug-likeness (QED) is 0.855. The molecule has 0 saturated heterocycles. The molecule has 3 rings (SSSR count). The Labute approximate surface area is 144 Å². The molecule has 0 atom stereocenters. The van der Waals surface area contributed by atoms with E-state index in [0.29, 0.717) is 11.7 Å². The fourth-order valence-electron chi connectivity index (χ4n) is 3.83. The highest BCUT2D eigenvalue weighted by Crippen LogP contribution is 2.36. The number of ether oxygens (including phenoxy) is 1. The van der Waals surface area contributed by atoms with Crippen molar-refractivity contribution in [3.63, 3.8) is 0 Å². The minimum Gasteiger partial charge on any atom is -0.506 e. The molecule has 3 heteroatoms. The fourth-order valence-corrected chi connectivity index (χ4v) is 3.83. The molecule has 2 aromatic rings. The zero-order valence-electron chi connectivity index (χ0n) is 14.9. The number of benzene rings is 1. The second-order valence-corrected chi connectivity index (χ2v) is 6.91. The molecule has 1 aromatic heterocycles. The molecule has 1 aromatic carbocycles.